The van der Waals surface area contributed by atoms with E-state index in [1.165, 1.54) is 18.2 Å². The Morgan fingerprint density at radius 2 is 1.84 bits per heavy atom. The molecule has 1 aromatic carbocycles. The van der Waals surface area contributed by atoms with Crippen LogP contribution in [0.3, 0.4) is 0 Å². The van der Waals surface area contributed by atoms with E-state index in [4.69, 9.17) is 0 Å². The van der Waals surface area contributed by atoms with Gasteiger partial charge < -0.3 is 14.7 Å². The van der Waals surface area contributed by atoms with Crippen LogP contribution in [0.15, 0.2) is 24.3 Å². The molecule has 0 radical (unpaired) electrons. The Bertz CT molecular complexity index is 1120. The fraction of sp³-hybridized carbons (Fsp3) is 0.444. The Morgan fingerprint density at radius 3 is 2.50 bits per heavy atom. The van der Waals surface area contributed by atoms with E-state index in [-0.39, 0.29) is 35.6 Å². The molecule has 1 aliphatic rings. The zero-order valence-electron chi connectivity index (χ0n) is 16.2. The van der Waals surface area contributed by atoms with Crippen molar-refractivity contribution in [3.8, 4) is 6.01 Å². The highest BCUT2D eigenvalue weighted by Gasteiger charge is 2.34. The number of rotatable bonds is 5. The number of hydrogen-bond acceptors (Lipinski definition) is 7. The van der Waals surface area contributed by atoms with Gasteiger partial charge in [0, 0.05) is 13.1 Å². The van der Waals surface area contributed by atoms with Gasteiger partial charge in [0.25, 0.3) is 0 Å². The standard InChI is InChI=1S/C18H16F6N6O2/c19-17(20,21)9-32-16-25-14(29-6-5-11(31)8-29)13-15(26-16)30(28-27-13)7-10-3-1-2-4-12(10)18(22,23)24/h1-4,11,31H,5-9H2. The van der Waals surface area contributed by atoms with Crippen LogP contribution in [0.25, 0.3) is 11.2 Å². The first-order chi connectivity index (χ1) is 15.0. The molecule has 1 aliphatic heterocycles. The monoisotopic (exact) mass is 462 g/mol. The number of aliphatic hydroxyl groups is 1. The van der Waals surface area contributed by atoms with E-state index >= 15 is 0 Å². The van der Waals surface area contributed by atoms with Gasteiger partial charge in [-0.15, -0.1) is 5.10 Å². The SMILES string of the molecule is OC1CCN(c2nc(OCC(F)(F)F)nc3c2nnn3Cc2ccccc2C(F)(F)F)C1. The fourth-order valence-electron chi connectivity index (χ4n) is 3.39. The Morgan fingerprint density at radius 1 is 1.09 bits per heavy atom. The molecule has 1 unspecified atom stereocenters. The summed E-state index contributed by atoms with van der Waals surface area (Å²) in [4.78, 5) is 9.48. The first kappa shape index (κ1) is 22.0. The maximum absolute atomic E-state index is 13.3. The summed E-state index contributed by atoms with van der Waals surface area (Å²) >= 11 is 0. The van der Waals surface area contributed by atoms with Crippen LogP contribution >= 0.6 is 0 Å². The van der Waals surface area contributed by atoms with Crippen molar-refractivity contribution in [3.63, 3.8) is 0 Å². The van der Waals surface area contributed by atoms with Gasteiger partial charge in [0.15, 0.2) is 23.6 Å². The van der Waals surface area contributed by atoms with E-state index in [1.54, 1.807) is 4.90 Å². The van der Waals surface area contributed by atoms with Crippen LogP contribution in [-0.4, -0.2) is 62.0 Å². The molecule has 1 saturated heterocycles. The van der Waals surface area contributed by atoms with Crippen molar-refractivity contribution in [2.45, 2.75) is 31.4 Å². The number of aliphatic hydroxyl groups excluding tert-OH is 1. The lowest BCUT2D eigenvalue weighted by molar-refractivity contribution is -0.154. The maximum atomic E-state index is 13.3. The number of halogens is 6. The van der Waals surface area contributed by atoms with Crippen molar-refractivity contribution in [3.05, 3.63) is 35.4 Å². The Balaban J connectivity index is 1.76. The molecule has 3 heterocycles. The van der Waals surface area contributed by atoms with Gasteiger partial charge >= 0.3 is 18.4 Å². The second kappa shape index (κ2) is 8.07. The summed E-state index contributed by atoms with van der Waals surface area (Å²) in [5.74, 6) is 0.0825. The second-order valence-electron chi connectivity index (χ2n) is 7.20. The summed E-state index contributed by atoms with van der Waals surface area (Å²) in [6.45, 7) is -1.55. The smallest absolute Gasteiger partial charge is 0.422 e. The van der Waals surface area contributed by atoms with E-state index in [0.717, 1.165) is 10.7 Å². The molecule has 32 heavy (non-hydrogen) atoms. The molecule has 2 aromatic heterocycles. The van der Waals surface area contributed by atoms with Gasteiger partial charge in [-0.25, -0.2) is 4.68 Å². The first-order valence-corrected chi connectivity index (χ1v) is 9.40. The normalized spacial score (nSPS) is 17.3. The predicted octanol–water partition coefficient (Wildman–Crippen LogP) is 2.80. The van der Waals surface area contributed by atoms with Crippen molar-refractivity contribution >= 4 is 17.0 Å². The van der Waals surface area contributed by atoms with Gasteiger partial charge in [0.1, 0.15) is 0 Å². The number of ether oxygens (including phenoxy) is 1. The molecule has 4 rings (SSSR count). The fourth-order valence-corrected chi connectivity index (χ4v) is 3.39. The highest BCUT2D eigenvalue weighted by atomic mass is 19.4. The van der Waals surface area contributed by atoms with E-state index in [2.05, 4.69) is 25.0 Å². The lowest BCUT2D eigenvalue weighted by Gasteiger charge is -2.18. The van der Waals surface area contributed by atoms with Gasteiger partial charge in [-0.1, -0.05) is 23.4 Å². The third-order valence-electron chi connectivity index (χ3n) is 4.79. The zero-order chi connectivity index (χ0) is 23.1. The van der Waals surface area contributed by atoms with Gasteiger partial charge in [-0.05, 0) is 18.1 Å². The average Bonchev–Trinajstić information content (AvgIpc) is 3.31. The minimum Gasteiger partial charge on any atom is -0.454 e. The molecule has 0 spiro atoms. The molecular weight excluding hydrogens is 446 g/mol. The van der Waals surface area contributed by atoms with Crippen LogP contribution in [0.1, 0.15) is 17.5 Å². The van der Waals surface area contributed by atoms with Crippen molar-refractivity contribution in [2.75, 3.05) is 24.6 Å². The number of nitrogens with zero attached hydrogens (tertiary/aromatic N) is 6. The number of alkyl halides is 6. The van der Waals surface area contributed by atoms with Crippen LogP contribution in [0.4, 0.5) is 32.2 Å². The quantitative estimate of drug-likeness (QED) is 0.584. The summed E-state index contributed by atoms with van der Waals surface area (Å²) in [6, 6.07) is 4.22. The summed E-state index contributed by atoms with van der Waals surface area (Å²) in [5, 5.41) is 17.6. The largest absolute Gasteiger partial charge is 0.454 e. The van der Waals surface area contributed by atoms with Crippen LogP contribution < -0.4 is 9.64 Å². The number of β-amino-alcohol motifs (C(OH)–C–C–N with tert-alkyl or cyclic N) is 1. The summed E-state index contributed by atoms with van der Waals surface area (Å²) in [5.41, 5.74) is -1.02. The van der Waals surface area contributed by atoms with Gasteiger partial charge in [-0.2, -0.15) is 36.3 Å². The lowest BCUT2D eigenvalue weighted by Crippen LogP contribution is -2.24. The Labute approximate surface area is 176 Å². The van der Waals surface area contributed by atoms with E-state index in [1.807, 2.05) is 0 Å². The molecular formula is C18H16F6N6O2. The molecule has 8 nitrogen and oxygen atoms in total. The second-order valence-corrected chi connectivity index (χ2v) is 7.20. The van der Waals surface area contributed by atoms with Gasteiger partial charge in [0.2, 0.25) is 0 Å². The first-order valence-electron chi connectivity index (χ1n) is 9.40. The molecule has 0 aliphatic carbocycles. The number of anilines is 1. The molecule has 0 amide bonds. The Kier molecular flexibility index (Phi) is 5.56. The average molecular weight is 462 g/mol. The summed E-state index contributed by atoms with van der Waals surface area (Å²) < 4.78 is 83.6. The van der Waals surface area contributed by atoms with E-state index < -0.39 is 36.6 Å². The Hall–Kier alpha value is -3.16. The van der Waals surface area contributed by atoms with E-state index in [9.17, 15) is 31.4 Å². The van der Waals surface area contributed by atoms with Crippen molar-refractivity contribution < 1.29 is 36.2 Å². The highest BCUT2D eigenvalue weighted by Crippen LogP contribution is 2.33. The minimum absolute atomic E-state index is 0.0722. The van der Waals surface area contributed by atoms with Crippen LogP contribution in [0.5, 0.6) is 6.01 Å². The molecule has 0 saturated carbocycles. The maximum Gasteiger partial charge on any atom is 0.422 e. The zero-order valence-corrected chi connectivity index (χ0v) is 16.2. The van der Waals surface area contributed by atoms with Gasteiger partial charge in [0.05, 0.1) is 18.2 Å². The summed E-state index contributed by atoms with van der Waals surface area (Å²) in [6.07, 6.45) is -9.53. The minimum atomic E-state index is -4.65. The molecule has 0 bridgehead atoms. The van der Waals surface area contributed by atoms with Gasteiger partial charge in [-0.3, -0.25) is 0 Å². The number of hydrogen-bond donors (Lipinski definition) is 1. The van der Waals surface area contributed by atoms with Crippen molar-refractivity contribution in [1.82, 2.24) is 25.0 Å². The molecule has 1 atom stereocenters. The molecule has 172 valence electrons. The van der Waals surface area contributed by atoms with Crippen LogP contribution in [-0.2, 0) is 12.7 Å². The van der Waals surface area contributed by atoms with Crippen molar-refractivity contribution in [1.29, 1.82) is 0 Å². The van der Waals surface area contributed by atoms with Crippen LogP contribution in [0, 0.1) is 0 Å². The topological polar surface area (TPSA) is 89.2 Å². The molecule has 14 heteroatoms. The highest BCUT2D eigenvalue weighted by molar-refractivity contribution is 5.83. The summed E-state index contributed by atoms with van der Waals surface area (Å²) in [7, 11) is 0. The number of benzene rings is 1. The number of aromatic nitrogens is 5. The predicted molar refractivity (Wildman–Crippen MR) is 98.1 cm³/mol. The third-order valence-corrected chi connectivity index (χ3v) is 4.79. The lowest BCUT2D eigenvalue weighted by atomic mass is 10.1. The third kappa shape index (κ3) is 4.69. The number of fused-ring (bicyclic) bond motifs is 1. The van der Waals surface area contributed by atoms with Crippen molar-refractivity contribution in [2.24, 2.45) is 0 Å². The molecule has 3 aromatic rings. The molecule has 1 fully saturated rings. The molecule has 1 N–H and O–H groups in total. The van der Waals surface area contributed by atoms with E-state index in [0.29, 0.717) is 13.0 Å². The van der Waals surface area contributed by atoms with Crippen LogP contribution in [0.2, 0.25) is 0 Å².